The molecule has 3 aromatic heterocycles. The summed E-state index contributed by atoms with van der Waals surface area (Å²) in [6.45, 7) is 9.52. The number of hydrogen-bond donors (Lipinski definition) is 2. The summed E-state index contributed by atoms with van der Waals surface area (Å²) in [5.41, 5.74) is 4.19. The molecule has 1 saturated heterocycles. The first kappa shape index (κ1) is 29.3. The Morgan fingerprint density at radius 1 is 0.864 bits per heavy atom. The fourth-order valence-corrected chi connectivity index (χ4v) is 5.97. The largest absolute Gasteiger partial charge is 0.336 e. The van der Waals surface area contributed by atoms with Crippen molar-refractivity contribution in [1.29, 1.82) is 0 Å². The molecule has 4 heterocycles. The molecule has 10 nitrogen and oxygen atoms in total. The lowest BCUT2D eigenvalue weighted by molar-refractivity contribution is 0.0766. The Balaban J connectivity index is 1.25. The van der Waals surface area contributed by atoms with Gasteiger partial charge in [-0.15, -0.1) is 0 Å². The van der Waals surface area contributed by atoms with Crippen molar-refractivity contribution < 1.29 is 9.59 Å². The van der Waals surface area contributed by atoms with Crippen LogP contribution in [0.15, 0.2) is 73.2 Å². The normalized spacial score (nSPS) is 13.6. The SMILES string of the molecule is Cc1ncc(-n2nc(C(C)(C)C)cc2NC(=O)Nc2ccc(-c3ccc(C(=O)N4CCSCC4)nc3)c3ccccc23)cn1. The molecule has 0 radical (unpaired) electrons. The lowest BCUT2D eigenvalue weighted by Gasteiger charge is -2.26. The summed E-state index contributed by atoms with van der Waals surface area (Å²) >= 11 is 1.87. The highest BCUT2D eigenvalue weighted by atomic mass is 32.2. The lowest BCUT2D eigenvalue weighted by Crippen LogP contribution is -2.38. The number of urea groups is 1. The number of nitrogens with one attached hydrogen (secondary N) is 2. The second-order valence-corrected chi connectivity index (χ2v) is 12.9. The Hall–Kier alpha value is -4.77. The number of aromatic nitrogens is 5. The zero-order valence-electron chi connectivity index (χ0n) is 25.2. The maximum atomic E-state index is 13.4. The van der Waals surface area contributed by atoms with Crippen molar-refractivity contribution >= 4 is 46.0 Å². The number of carbonyl (C=O) groups excluding carboxylic acids is 2. The smallest absolute Gasteiger partial charge is 0.324 e. The van der Waals surface area contributed by atoms with Gasteiger partial charge >= 0.3 is 6.03 Å². The van der Waals surface area contributed by atoms with Crippen LogP contribution in [0.4, 0.5) is 16.3 Å². The standard InChI is InChI=1S/C33H34N8O2S/c1-21-34-19-23(20-35-21)41-30(17-29(39-41)33(2,3)4)38-32(43)37-27-12-10-24(25-7-5-6-8-26(25)27)22-9-11-28(36-18-22)31(42)40-13-15-44-16-14-40/h5-12,17-20H,13-16H2,1-4H3,(H2,37,38,43). The number of fused-ring (bicyclic) bond motifs is 1. The fraction of sp³-hybridized carbons (Fsp3) is 0.273. The average molecular weight is 607 g/mol. The van der Waals surface area contributed by atoms with Crippen LogP contribution in [0.5, 0.6) is 0 Å². The molecule has 3 amide bonds. The predicted octanol–water partition coefficient (Wildman–Crippen LogP) is 6.32. The van der Waals surface area contributed by atoms with E-state index in [1.54, 1.807) is 29.3 Å². The van der Waals surface area contributed by atoms with Crippen LogP contribution in [-0.2, 0) is 5.41 Å². The van der Waals surface area contributed by atoms with E-state index in [1.165, 1.54) is 0 Å². The summed E-state index contributed by atoms with van der Waals surface area (Å²) in [5, 5.41) is 12.6. The van der Waals surface area contributed by atoms with Crippen molar-refractivity contribution in [3.8, 4) is 16.8 Å². The molecule has 224 valence electrons. The number of benzene rings is 2. The number of carbonyl (C=O) groups is 2. The summed E-state index contributed by atoms with van der Waals surface area (Å²) in [6, 6.07) is 16.9. The molecular formula is C33H34N8O2S. The molecule has 0 spiro atoms. The average Bonchev–Trinajstić information content (AvgIpc) is 3.46. The molecule has 0 saturated carbocycles. The Labute approximate surface area is 260 Å². The van der Waals surface area contributed by atoms with Crippen LogP contribution in [0.25, 0.3) is 27.6 Å². The van der Waals surface area contributed by atoms with Gasteiger partial charge in [0.25, 0.3) is 5.91 Å². The molecule has 1 aliphatic rings. The van der Waals surface area contributed by atoms with E-state index in [4.69, 9.17) is 5.10 Å². The van der Waals surface area contributed by atoms with Crippen LogP contribution in [0.2, 0.25) is 0 Å². The number of anilines is 2. The highest BCUT2D eigenvalue weighted by Crippen LogP contribution is 2.33. The number of hydrogen-bond acceptors (Lipinski definition) is 7. The second-order valence-electron chi connectivity index (χ2n) is 11.7. The van der Waals surface area contributed by atoms with Gasteiger partial charge in [-0.3, -0.25) is 15.1 Å². The fourth-order valence-electron chi connectivity index (χ4n) is 5.07. The zero-order chi connectivity index (χ0) is 30.8. The molecule has 2 N–H and O–H groups in total. The third kappa shape index (κ3) is 6.14. The Morgan fingerprint density at radius 3 is 2.27 bits per heavy atom. The number of pyridine rings is 1. The molecule has 0 aliphatic carbocycles. The van der Waals surface area contributed by atoms with Gasteiger partial charge in [-0.25, -0.2) is 19.4 Å². The molecule has 1 aliphatic heterocycles. The van der Waals surface area contributed by atoms with E-state index in [2.05, 4.69) is 46.4 Å². The first-order valence-corrected chi connectivity index (χ1v) is 15.7. The maximum Gasteiger partial charge on any atom is 0.324 e. The van der Waals surface area contributed by atoms with E-state index in [9.17, 15) is 9.59 Å². The minimum absolute atomic E-state index is 0.0295. The molecule has 0 unspecified atom stereocenters. The summed E-state index contributed by atoms with van der Waals surface area (Å²) in [4.78, 5) is 41.2. The summed E-state index contributed by atoms with van der Waals surface area (Å²) in [5.74, 6) is 3.04. The molecule has 11 heteroatoms. The molecule has 44 heavy (non-hydrogen) atoms. The van der Waals surface area contributed by atoms with E-state index in [-0.39, 0.29) is 11.3 Å². The lowest BCUT2D eigenvalue weighted by atomic mass is 9.92. The van der Waals surface area contributed by atoms with Gasteiger partial charge in [0, 0.05) is 53.2 Å². The quantitative estimate of drug-likeness (QED) is 0.241. The number of amides is 3. The Bertz CT molecular complexity index is 1820. The van der Waals surface area contributed by atoms with Crippen LogP contribution in [0.3, 0.4) is 0 Å². The topological polar surface area (TPSA) is 118 Å². The summed E-state index contributed by atoms with van der Waals surface area (Å²) < 4.78 is 1.65. The van der Waals surface area contributed by atoms with Crippen LogP contribution in [-0.4, -0.2) is 66.2 Å². The van der Waals surface area contributed by atoms with E-state index >= 15 is 0 Å². The summed E-state index contributed by atoms with van der Waals surface area (Å²) in [7, 11) is 0. The van der Waals surface area contributed by atoms with Crippen LogP contribution >= 0.6 is 11.8 Å². The van der Waals surface area contributed by atoms with Crippen molar-refractivity contribution in [1.82, 2.24) is 29.6 Å². The van der Waals surface area contributed by atoms with Gasteiger partial charge in [0.1, 0.15) is 23.0 Å². The first-order valence-electron chi connectivity index (χ1n) is 14.5. The third-order valence-corrected chi connectivity index (χ3v) is 8.44. The third-order valence-electron chi connectivity index (χ3n) is 7.50. The number of nitrogens with zero attached hydrogens (tertiary/aromatic N) is 6. The highest BCUT2D eigenvalue weighted by molar-refractivity contribution is 7.99. The number of thioether (sulfide) groups is 1. The van der Waals surface area contributed by atoms with Crippen molar-refractivity contribution in [3.05, 3.63) is 90.4 Å². The maximum absolute atomic E-state index is 13.4. The van der Waals surface area contributed by atoms with Gasteiger partial charge in [-0.1, -0.05) is 57.2 Å². The molecular weight excluding hydrogens is 572 g/mol. The van der Waals surface area contributed by atoms with E-state index in [1.807, 2.05) is 72.1 Å². The number of rotatable bonds is 5. The minimum atomic E-state index is -0.404. The molecule has 2 aromatic carbocycles. The monoisotopic (exact) mass is 606 g/mol. The van der Waals surface area contributed by atoms with Gasteiger partial charge in [0.2, 0.25) is 0 Å². The van der Waals surface area contributed by atoms with E-state index in [0.29, 0.717) is 28.7 Å². The molecule has 1 fully saturated rings. The van der Waals surface area contributed by atoms with Gasteiger partial charge in [0.15, 0.2) is 0 Å². The van der Waals surface area contributed by atoms with Gasteiger partial charge < -0.3 is 10.2 Å². The molecule has 5 aromatic rings. The first-order chi connectivity index (χ1) is 21.2. The number of aryl methyl sites for hydroxylation is 1. The van der Waals surface area contributed by atoms with Crippen LogP contribution in [0.1, 0.15) is 42.8 Å². The minimum Gasteiger partial charge on any atom is -0.336 e. The van der Waals surface area contributed by atoms with Crippen molar-refractivity contribution in [2.75, 3.05) is 35.2 Å². The Morgan fingerprint density at radius 2 is 1.59 bits per heavy atom. The van der Waals surface area contributed by atoms with E-state index < -0.39 is 6.03 Å². The molecule has 0 atom stereocenters. The van der Waals surface area contributed by atoms with Crippen LogP contribution in [0, 0.1) is 6.92 Å². The van der Waals surface area contributed by atoms with Gasteiger partial charge in [-0.2, -0.15) is 16.9 Å². The molecule has 0 bridgehead atoms. The van der Waals surface area contributed by atoms with Crippen molar-refractivity contribution in [2.45, 2.75) is 33.1 Å². The summed E-state index contributed by atoms with van der Waals surface area (Å²) in [6.07, 6.45) is 5.11. The van der Waals surface area contributed by atoms with Crippen molar-refractivity contribution in [2.24, 2.45) is 0 Å². The van der Waals surface area contributed by atoms with E-state index in [0.717, 1.165) is 52.2 Å². The van der Waals surface area contributed by atoms with Gasteiger partial charge in [0.05, 0.1) is 23.8 Å². The van der Waals surface area contributed by atoms with Gasteiger partial charge in [-0.05, 0) is 30.0 Å². The van der Waals surface area contributed by atoms with Crippen LogP contribution < -0.4 is 10.6 Å². The molecule has 6 rings (SSSR count). The predicted molar refractivity (Wildman–Crippen MR) is 176 cm³/mol. The Kier molecular flexibility index (Phi) is 8.05. The highest BCUT2D eigenvalue weighted by Gasteiger charge is 2.23. The zero-order valence-corrected chi connectivity index (χ0v) is 26.0. The van der Waals surface area contributed by atoms with Crippen molar-refractivity contribution in [3.63, 3.8) is 0 Å². The second kappa shape index (κ2) is 12.1.